The second-order valence-corrected chi connectivity index (χ2v) is 9.53. The van der Waals surface area contributed by atoms with Gasteiger partial charge in [0.2, 0.25) is 11.8 Å². The van der Waals surface area contributed by atoms with E-state index in [1.165, 1.54) is 11.8 Å². The standard InChI is InChI=1S/C24H35N3O5/c1-9-17-10-12-18(13-11-17)19(20(29)26-23(3,4)5)27(14-15-28)21(30)16(2)25-22(31)32-24(6,7)8/h1,10-13,16,19,28H,14-15H2,2-8H3,(H,25,31)(H,26,29). The summed E-state index contributed by atoms with van der Waals surface area (Å²) < 4.78 is 5.21. The lowest BCUT2D eigenvalue weighted by Gasteiger charge is -2.35. The Morgan fingerprint density at radius 3 is 2.12 bits per heavy atom. The predicted molar refractivity (Wildman–Crippen MR) is 123 cm³/mol. The SMILES string of the molecule is C#Cc1ccc(C(C(=O)NC(C)(C)C)N(CCO)C(=O)C(C)NC(=O)OC(C)(C)C)cc1. The fourth-order valence-electron chi connectivity index (χ4n) is 2.94. The lowest BCUT2D eigenvalue weighted by atomic mass is 9.99. The molecule has 0 saturated heterocycles. The molecule has 0 bridgehead atoms. The molecule has 1 aromatic carbocycles. The number of aliphatic hydroxyl groups excluding tert-OH is 1. The average Bonchev–Trinajstić information content (AvgIpc) is 2.64. The smallest absolute Gasteiger partial charge is 0.408 e. The lowest BCUT2D eigenvalue weighted by Crippen LogP contribution is -2.54. The number of aliphatic hydroxyl groups is 1. The first-order valence-electron chi connectivity index (χ1n) is 10.5. The molecule has 2 atom stereocenters. The minimum Gasteiger partial charge on any atom is -0.444 e. The molecule has 0 aliphatic heterocycles. The van der Waals surface area contributed by atoms with Gasteiger partial charge in [0, 0.05) is 17.6 Å². The Morgan fingerprint density at radius 1 is 1.12 bits per heavy atom. The molecule has 3 N–H and O–H groups in total. The lowest BCUT2D eigenvalue weighted by molar-refractivity contribution is -0.143. The number of carbonyl (C=O) groups is 3. The summed E-state index contributed by atoms with van der Waals surface area (Å²) in [5.41, 5.74) is -0.130. The van der Waals surface area contributed by atoms with Crippen LogP contribution in [-0.4, -0.2) is 58.2 Å². The van der Waals surface area contributed by atoms with Gasteiger partial charge in [-0.3, -0.25) is 9.59 Å². The highest BCUT2D eigenvalue weighted by Gasteiger charge is 2.35. The number of rotatable bonds is 7. The molecule has 0 fully saturated rings. The first-order chi connectivity index (χ1) is 14.7. The molecule has 1 aromatic rings. The van der Waals surface area contributed by atoms with Crippen LogP contribution in [0, 0.1) is 12.3 Å². The number of benzene rings is 1. The normalized spacial score (nSPS) is 13.3. The van der Waals surface area contributed by atoms with Crippen molar-refractivity contribution in [1.82, 2.24) is 15.5 Å². The van der Waals surface area contributed by atoms with Crippen molar-refractivity contribution in [3.63, 3.8) is 0 Å². The first kappa shape index (κ1) is 27.0. The van der Waals surface area contributed by atoms with Gasteiger partial charge < -0.3 is 25.4 Å². The van der Waals surface area contributed by atoms with E-state index >= 15 is 0 Å². The van der Waals surface area contributed by atoms with Gasteiger partial charge in [0.05, 0.1) is 6.61 Å². The number of alkyl carbamates (subject to hydrolysis) is 1. The first-order valence-corrected chi connectivity index (χ1v) is 10.5. The summed E-state index contributed by atoms with van der Waals surface area (Å²) in [7, 11) is 0. The Balaban J connectivity index is 3.29. The molecule has 8 heteroatoms. The summed E-state index contributed by atoms with van der Waals surface area (Å²) in [6.07, 6.45) is 4.67. The minimum atomic E-state index is -1.04. The Kier molecular flexibility index (Phi) is 9.28. The topological polar surface area (TPSA) is 108 Å². The van der Waals surface area contributed by atoms with Crippen molar-refractivity contribution in [2.45, 2.75) is 71.7 Å². The third-order valence-corrected chi connectivity index (χ3v) is 4.18. The van der Waals surface area contributed by atoms with Crippen molar-refractivity contribution in [3.05, 3.63) is 35.4 Å². The zero-order valence-corrected chi connectivity index (χ0v) is 20.0. The van der Waals surface area contributed by atoms with Gasteiger partial charge >= 0.3 is 6.09 Å². The molecule has 32 heavy (non-hydrogen) atoms. The number of nitrogens with one attached hydrogen (secondary N) is 2. The van der Waals surface area contributed by atoms with Gasteiger partial charge in [-0.05, 0) is 66.2 Å². The molecule has 0 saturated carbocycles. The van der Waals surface area contributed by atoms with E-state index in [-0.39, 0.29) is 13.2 Å². The zero-order valence-electron chi connectivity index (χ0n) is 20.0. The predicted octanol–water partition coefficient (Wildman–Crippen LogP) is 2.36. The Morgan fingerprint density at radius 2 is 1.69 bits per heavy atom. The number of carbonyl (C=O) groups excluding carboxylic acids is 3. The van der Waals surface area contributed by atoms with Gasteiger partial charge in [-0.2, -0.15) is 0 Å². The van der Waals surface area contributed by atoms with Gasteiger partial charge in [-0.25, -0.2) is 4.79 Å². The molecule has 0 radical (unpaired) electrons. The van der Waals surface area contributed by atoms with Crippen LogP contribution in [0.1, 0.15) is 65.6 Å². The van der Waals surface area contributed by atoms with Gasteiger partial charge in [-0.1, -0.05) is 18.1 Å². The summed E-state index contributed by atoms with van der Waals surface area (Å²) in [4.78, 5) is 39.9. The van der Waals surface area contributed by atoms with Crippen molar-refractivity contribution in [1.29, 1.82) is 0 Å². The van der Waals surface area contributed by atoms with Crippen LogP contribution in [-0.2, 0) is 14.3 Å². The van der Waals surface area contributed by atoms with Crippen LogP contribution < -0.4 is 10.6 Å². The van der Waals surface area contributed by atoms with Crippen molar-refractivity contribution in [2.75, 3.05) is 13.2 Å². The Hall–Kier alpha value is -3.05. The highest BCUT2D eigenvalue weighted by Crippen LogP contribution is 2.24. The van der Waals surface area contributed by atoms with Gasteiger partial charge in [-0.15, -0.1) is 6.42 Å². The van der Waals surface area contributed by atoms with E-state index in [2.05, 4.69) is 16.6 Å². The summed E-state index contributed by atoms with van der Waals surface area (Å²) in [6, 6.07) is 4.67. The van der Waals surface area contributed by atoms with E-state index in [0.717, 1.165) is 0 Å². The maximum atomic E-state index is 13.3. The summed E-state index contributed by atoms with van der Waals surface area (Å²) >= 11 is 0. The number of hydrogen-bond donors (Lipinski definition) is 3. The maximum Gasteiger partial charge on any atom is 0.408 e. The summed E-state index contributed by atoms with van der Waals surface area (Å²) in [6.45, 7) is 11.6. The second-order valence-electron chi connectivity index (χ2n) is 9.53. The fourth-order valence-corrected chi connectivity index (χ4v) is 2.94. The summed E-state index contributed by atoms with van der Waals surface area (Å²) in [5.74, 6) is 1.55. The molecule has 0 aliphatic rings. The van der Waals surface area contributed by atoms with E-state index in [1.807, 2.05) is 20.8 Å². The highest BCUT2D eigenvalue weighted by atomic mass is 16.6. The second kappa shape index (κ2) is 11.0. The maximum absolute atomic E-state index is 13.3. The Bertz CT molecular complexity index is 844. The molecule has 2 unspecified atom stereocenters. The van der Waals surface area contributed by atoms with E-state index in [1.54, 1.807) is 45.0 Å². The third-order valence-electron chi connectivity index (χ3n) is 4.18. The number of nitrogens with zero attached hydrogens (tertiary/aromatic N) is 1. The third kappa shape index (κ3) is 8.60. The van der Waals surface area contributed by atoms with E-state index in [4.69, 9.17) is 11.2 Å². The average molecular weight is 446 g/mol. The molecule has 8 nitrogen and oxygen atoms in total. The molecular formula is C24H35N3O5. The number of hydrogen-bond acceptors (Lipinski definition) is 5. The zero-order chi connectivity index (χ0) is 24.7. The molecule has 0 aliphatic carbocycles. The minimum absolute atomic E-state index is 0.113. The molecular weight excluding hydrogens is 410 g/mol. The molecule has 0 spiro atoms. The van der Waals surface area contributed by atoms with E-state index in [0.29, 0.717) is 11.1 Å². The van der Waals surface area contributed by atoms with Crippen LogP contribution in [0.15, 0.2) is 24.3 Å². The molecule has 0 heterocycles. The van der Waals surface area contributed by atoms with Crippen molar-refractivity contribution >= 4 is 17.9 Å². The van der Waals surface area contributed by atoms with E-state index in [9.17, 15) is 19.5 Å². The van der Waals surface area contributed by atoms with Gasteiger partial charge in [0.15, 0.2) is 0 Å². The summed E-state index contributed by atoms with van der Waals surface area (Å²) in [5, 5.41) is 15.0. The number of ether oxygens (including phenoxy) is 1. The van der Waals surface area contributed by atoms with E-state index < -0.39 is 41.1 Å². The van der Waals surface area contributed by atoms with Gasteiger partial charge in [0.1, 0.15) is 17.7 Å². The molecule has 3 amide bonds. The largest absolute Gasteiger partial charge is 0.444 e. The van der Waals surface area contributed by atoms with Crippen LogP contribution in [0.4, 0.5) is 4.79 Å². The van der Waals surface area contributed by atoms with Crippen LogP contribution in [0.25, 0.3) is 0 Å². The monoisotopic (exact) mass is 445 g/mol. The molecule has 176 valence electrons. The van der Waals surface area contributed by atoms with Crippen LogP contribution in [0.5, 0.6) is 0 Å². The highest BCUT2D eigenvalue weighted by molar-refractivity contribution is 5.92. The van der Waals surface area contributed by atoms with Crippen molar-refractivity contribution < 1.29 is 24.2 Å². The van der Waals surface area contributed by atoms with Crippen molar-refractivity contribution in [2.24, 2.45) is 0 Å². The number of terminal acetylenes is 1. The van der Waals surface area contributed by atoms with Crippen molar-refractivity contribution in [3.8, 4) is 12.3 Å². The quantitative estimate of drug-likeness (QED) is 0.559. The molecule has 1 rings (SSSR count). The van der Waals surface area contributed by atoms with Crippen LogP contribution in [0.3, 0.4) is 0 Å². The van der Waals surface area contributed by atoms with Gasteiger partial charge in [0.25, 0.3) is 0 Å². The molecule has 0 aromatic heterocycles. The van der Waals surface area contributed by atoms with Crippen LogP contribution >= 0.6 is 0 Å². The Labute approximate surface area is 190 Å². The number of amides is 3. The van der Waals surface area contributed by atoms with Crippen LogP contribution in [0.2, 0.25) is 0 Å². The fraction of sp³-hybridized carbons (Fsp3) is 0.542.